The molecule has 0 aliphatic carbocycles. The topological polar surface area (TPSA) is 132 Å². The van der Waals surface area contributed by atoms with Gasteiger partial charge in [0.15, 0.2) is 0 Å². The number of nitrogens with one attached hydrogen (secondary N) is 3. The predicted octanol–water partition coefficient (Wildman–Crippen LogP) is 3.24. The molecule has 0 unspecified atom stereocenters. The number of carboxylic acid groups (broad SMARTS) is 1. The Kier molecular flexibility index (Phi) is 9.80. The zero-order chi connectivity index (χ0) is 30.2. The number of aromatic carboxylic acids is 1. The first-order valence-electron chi connectivity index (χ1n) is 14.1. The van der Waals surface area contributed by atoms with E-state index in [1.54, 1.807) is 37.4 Å². The lowest BCUT2D eigenvalue weighted by molar-refractivity contribution is -0.110. The van der Waals surface area contributed by atoms with Gasteiger partial charge in [-0.1, -0.05) is 36.4 Å². The van der Waals surface area contributed by atoms with E-state index in [4.69, 9.17) is 9.57 Å². The third kappa shape index (κ3) is 7.46. The number of methoxy groups -OCH3 is 1. The highest BCUT2D eigenvalue weighted by Gasteiger charge is 2.29. The van der Waals surface area contributed by atoms with Crippen molar-refractivity contribution < 1.29 is 29.1 Å². The summed E-state index contributed by atoms with van der Waals surface area (Å²) in [5.74, 6) is -1.76. The van der Waals surface area contributed by atoms with Crippen molar-refractivity contribution in [2.45, 2.75) is 0 Å². The normalized spacial score (nSPS) is 16.3. The number of carbonyl (C=O) groups excluding carboxylic acids is 2. The Balaban J connectivity index is 1.21. The first-order chi connectivity index (χ1) is 20.9. The molecular weight excluding hydrogens is 550 g/mol. The van der Waals surface area contributed by atoms with Gasteiger partial charge < -0.3 is 20.5 Å². The average molecular weight is 586 g/mol. The second-order valence-electron chi connectivity index (χ2n) is 10.3. The molecule has 0 atom stereocenters. The molecule has 3 aromatic rings. The Labute approximate surface area is 250 Å². The molecule has 43 heavy (non-hydrogen) atoms. The molecule has 0 spiro atoms. The summed E-state index contributed by atoms with van der Waals surface area (Å²) in [6.07, 6.45) is 0. The maximum Gasteiger partial charge on any atom is 0.335 e. The highest BCUT2D eigenvalue weighted by molar-refractivity contribution is 6.37. The summed E-state index contributed by atoms with van der Waals surface area (Å²) in [7, 11) is 1.71. The third-order valence-corrected chi connectivity index (χ3v) is 7.49. The van der Waals surface area contributed by atoms with Gasteiger partial charge in [0, 0.05) is 63.2 Å². The lowest BCUT2D eigenvalue weighted by atomic mass is 9.99. The molecule has 1 fully saturated rings. The van der Waals surface area contributed by atoms with E-state index >= 15 is 0 Å². The minimum absolute atomic E-state index is 0.0870. The summed E-state index contributed by atoms with van der Waals surface area (Å²) < 4.78 is 5.15. The molecule has 2 aliphatic heterocycles. The van der Waals surface area contributed by atoms with Gasteiger partial charge >= 0.3 is 5.97 Å². The zero-order valence-corrected chi connectivity index (χ0v) is 24.0. The molecule has 4 N–H and O–H groups in total. The first kappa shape index (κ1) is 29.9. The van der Waals surface area contributed by atoms with Gasteiger partial charge in [0.2, 0.25) is 0 Å². The van der Waals surface area contributed by atoms with Crippen LogP contribution in [0.5, 0.6) is 0 Å². The molecule has 2 heterocycles. The van der Waals surface area contributed by atoms with Crippen LogP contribution in [0.15, 0.2) is 72.8 Å². The molecule has 1 saturated heterocycles. The van der Waals surface area contributed by atoms with Crippen LogP contribution in [0.2, 0.25) is 0 Å². The number of anilines is 2. The number of carbonyl (C=O) groups is 3. The van der Waals surface area contributed by atoms with Crippen molar-refractivity contribution in [1.29, 1.82) is 0 Å². The summed E-state index contributed by atoms with van der Waals surface area (Å²) in [6.45, 7) is 6.67. The van der Waals surface area contributed by atoms with E-state index < -0.39 is 5.97 Å². The van der Waals surface area contributed by atoms with Gasteiger partial charge in [-0.05, 0) is 42.0 Å². The first-order valence-corrected chi connectivity index (χ1v) is 14.1. The van der Waals surface area contributed by atoms with E-state index in [0.29, 0.717) is 40.4 Å². The van der Waals surface area contributed by atoms with Crippen molar-refractivity contribution in [3.05, 3.63) is 95.1 Å². The Morgan fingerprint density at radius 3 is 2.16 bits per heavy atom. The van der Waals surface area contributed by atoms with Crippen molar-refractivity contribution in [3.63, 3.8) is 0 Å². The Morgan fingerprint density at radius 1 is 0.860 bits per heavy atom. The van der Waals surface area contributed by atoms with E-state index in [9.17, 15) is 19.5 Å². The molecule has 2 amide bonds. The number of hydroxylamine groups is 1. The summed E-state index contributed by atoms with van der Waals surface area (Å²) in [5, 5.41) is 15.5. The monoisotopic (exact) mass is 585 g/mol. The Hall–Kier alpha value is -4.55. The third-order valence-electron chi connectivity index (χ3n) is 7.49. The van der Waals surface area contributed by atoms with Gasteiger partial charge in [-0.25, -0.2) is 10.3 Å². The van der Waals surface area contributed by atoms with Crippen LogP contribution in [0.4, 0.5) is 11.4 Å². The van der Waals surface area contributed by atoms with Gasteiger partial charge in [0.25, 0.3) is 11.8 Å². The van der Waals surface area contributed by atoms with Crippen LogP contribution in [-0.4, -0.2) is 92.3 Å². The smallest absolute Gasteiger partial charge is 0.335 e. The molecule has 224 valence electrons. The molecule has 11 heteroatoms. The molecular formula is C32H35N5O6. The van der Waals surface area contributed by atoms with Crippen molar-refractivity contribution >= 4 is 40.4 Å². The number of benzene rings is 3. The minimum Gasteiger partial charge on any atom is -0.478 e. The second kappa shape index (κ2) is 14.1. The van der Waals surface area contributed by atoms with Crippen LogP contribution in [0.25, 0.3) is 11.3 Å². The van der Waals surface area contributed by atoms with Gasteiger partial charge in [-0.15, -0.1) is 0 Å². The quantitative estimate of drug-likeness (QED) is 0.144. The zero-order valence-electron chi connectivity index (χ0n) is 24.0. The number of rotatable bonds is 12. The maximum atomic E-state index is 13.1. The van der Waals surface area contributed by atoms with E-state index in [2.05, 4.69) is 25.9 Å². The molecule has 0 bridgehead atoms. The second-order valence-corrected chi connectivity index (χ2v) is 10.3. The number of fused-ring (bicyclic) bond motifs is 1. The van der Waals surface area contributed by atoms with Crippen molar-refractivity contribution in [3.8, 4) is 0 Å². The number of nitrogens with zero attached hydrogens (tertiary/aromatic N) is 2. The predicted molar refractivity (Wildman–Crippen MR) is 164 cm³/mol. The summed E-state index contributed by atoms with van der Waals surface area (Å²) >= 11 is 0. The number of carboxylic acids is 1. The number of hydrogen-bond acceptors (Lipinski definition) is 8. The van der Waals surface area contributed by atoms with E-state index in [1.807, 2.05) is 30.3 Å². The van der Waals surface area contributed by atoms with Crippen LogP contribution in [0.3, 0.4) is 0 Å². The Bertz CT molecular complexity index is 1480. The van der Waals surface area contributed by atoms with Crippen LogP contribution < -0.4 is 16.1 Å². The standard InChI is InChI=1S/C32H35N5O6/c1-42-19-17-36-13-15-37(16-14-36)18-20-43-35-30(38)23-7-10-25(11-8-23)33-29(22-5-3-2-4-6-22)28-26-12-9-24(32(40)41)21-27(26)34-31(28)39/h2-12,21,33H,13-20H2,1H3,(H,34,39)(H,35,38)(H,40,41)/b29-28-. The molecule has 3 aromatic carbocycles. The fraction of sp³-hybridized carbons (Fsp3) is 0.281. The molecule has 2 aliphatic rings. The fourth-order valence-electron chi connectivity index (χ4n) is 5.09. The number of piperazine rings is 1. The van der Waals surface area contributed by atoms with Crippen LogP contribution in [-0.2, 0) is 14.4 Å². The van der Waals surface area contributed by atoms with Gasteiger partial charge in [0.05, 0.1) is 35.7 Å². The van der Waals surface area contributed by atoms with Crippen molar-refractivity contribution in [2.24, 2.45) is 0 Å². The molecule has 0 saturated carbocycles. The number of amides is 2. The largest absolute Gasteiger partial charge is 0.478 e. The highest BCUT2D eigenvalue weighted by atomic mass is 16.7. The van der Waals surface area contributed by atoms with Gasteiger partial charge in [-0.2, -0.15) is 0 Å². The molecule has 0 aromatic heterocycles. The average Bonchev–Trinajstić information content (AvgIpc) is 3.36. The van der Waals surface area contributed by atoms with E-state index in [0.717, 1.165) is 51.4 Å². The van der Waals surface area contributed by atoms with Crippen LogP contribution in [0.1, 0.15) is 31.8 Å². The fourth-order valence-corrected chi connectivity index (χ4v) is 5.09. The molecule has 5 rings (SSSR count). The van der Waals surface area contributed by atoms with Crippen LogP contribution >= 0.6 is 0 Å². The number of ether oxygens (including phenoxy) is 1. The highest BCUT2D eigenvalue weighted by Crippen LogP contribution is 2.38. The van der Waals surface area contributed by atoms with Gasteiger partial charge in [0.1, 0.15) is 0 Å². The summed E-state index contributed by atoms with van der Waals surface area (Å²) in [4.78, 5) is 47.3. The molecule has 0 radical (unpaired) electrons. The van der Waals surface area contributed by atoms with Crippen molar-refractivity contribution in [2.75, 3.05) is 70.2 Å². The van der Waals surface area contributed by atoms with Gasteiger partial charge in [-0.3, -0.25) is 24.2 Å². The minimum atomic E-state index is -1.07. The number of hydrogen-bond donors (Lipinski definition) is 4. The lowest BCUT2D eigenvalue weighted by Crippen LogP contribution is -2.48. The van der Waals surface area contributed by atoms with Crippen LogP contribution in [0, 0.1) is 0 Å². The lowest BCUT2D eigenvalue weighted by Gasteiger charge is -2.34. The van der Waals surface area contributed by atoms with E-state index in [-0.39, 0.29) is 17.4 Å². The summed E-state index contributed by atoms with van der Waals surface area (Å²) in [6, 6.07) is 20.8. The summed E-state index contributed by atoms with van der Waals surface area (Å²) in [5.41, 5.74) is 6.45. The molecule has 11 nitrogen and oxygen atoms in total. The van der Waals surface area contributed by atoms with Crippen molar-refractivity contribution in [1.82, 2.24) is 15.3 Å². The maximum absolute atomic E-state index is 13.1. The Morgan fingerprint density at radius 2 is 1.51 bits per heavy atom. The van der Waals surface area contributed by atoms with E-state index in [1.165, 1.54) is 12.1 Å². The SMILES string of the molecule is COCCN1CCN(CCONC(=O)c2ccc(N/C(=C3\C(=O)Nc4cc(C(=O)O)ccc43)c3ccccc3)cc2)CC1.